The zero-order valence-electron chi connectivity index (χ0n) is 14.7. The van der Waals surface area contributed by atoms with Gasteiger partial charge in [0.25, 0.3) is 0 Å². The second-order valence-corrected chi connectivity index (χ2v) is 6.49. The van der Waals surface area contributed by atoms with Gasteiger partial charge in [0.05, 0.1) is 0 Å². The van der Waals surface area contributed by atoms with Gasteiger partial charge < -0.3 is 10.2 Å². The van der Waals surface area contributed by atoms with Crippen LogP contribution in [0.4, 0.5) is 0 Å². The SMILES string of the molecule is CCCCCCCCCCCCCCCC(=O)C(O)CCO. The molecule has 3 nitrogen and oxygen atoms in total. The Labute approximate surface area is 137 Å². The van der Waals surface area contributed by atoms with Crippen LogP contribution in [-0.2, 0) is 4.79 Å². The van der Waals surface area contributed by atoms with Gasteiger partial charge in [-0.05, 0) is 6.42 Å². The van der Waals surface area contributed by atoms with Crippen molar-refractivity contribution >= 4 is 5.78 Å². The Morgan fingerprint density at radius 1 is 0.773 bits per heavy atom. The number of ketones is 1. The lowest BCUT2D eigenvalue weighted by atomic mass is 10.0. The van der Waals surface area contributed by atoms with Crippen molar-refractivity contribution < 1.29 is 15.0 Å². The van der Waals surface area contributed by atoms with Gasteiger partial charge in [0.1, 0.15) is 6.10 Å². The van der Waals surface area contributed by atoms with E-state index < -0.39 is 6.10 Å². The fourth-order valence-corrected chi connectivity index (χ4v) is 2.77. The average Bonchev–Trinajstić information content (AvgIpc) is 2.51. The van der Waals surface area contributed by atoms with Gasteiger partial charge in [0, 0.05) is 19.4 Å². The summed E-state index contributed by atoms with van der Waals surface area (Å²) in [5.74, 6) is -0.114. The summed E-state index contributed by atoms with van der Waals surface area (Å²) < 4.78 is 0. The molecule has 0 bridgehead atoms. The van der Waals surface area contributed by atoms with Gasteiger partial charge in [-0.2, -0.15) is 0 Å². The fraction of sp³-hybridized carbons (Fsp3) is 0.947. The van der Waals surface area contributed by atoms with E-state index in [1.807, 2.05) is 0 Å². The second kappa shape index (κ2) is 17.0. The molecule has 3 heteroatoms. The molecule has 0 fully saturated rings. The van der Waals surface area contributed by atoms with Crippen LogP contribution in [0.1, 0.15) is 103 Å². The summed E-state index contributed by atoms with van der Waals surface area (Å²) in [5, 5.41) is 18.1. The Morgan fingerprint density at radius 2 is 1.18 bits per heavy atom. The smallest absolute Gasteiger partial charge is 0.161 e. The zero-order chi connectivity index (χ0) is 16.5. The lowest BCUT2D eigenvalue weighted by Gasteiger charge is -2.07. The third kappa shape index (κ3) is 14.5. The molecule has 0 spiro atoms. The van der Waals surface area contributed by atoms with Crippen molar-refractivity contribution in [3.8, 4) is 0 Å². The Hall–Kier alpha value is -0.410. The van der Waals surface area contributed by atoms with Gasteiger partial charge in [-0.1, -0.05) is 84.0 Å². The quantitative estimate of drug-likeness (QED) is 0.380. The van der Waals surface area contributed by atoms with E-state index in [1.165, 1.54) is 70.6 Å². The fourth-order valence-electron chi connectivity index (χ4n) is 2.77. The summed E-state index contributed by atoms with van der Waals surface area (Å²) in [6, 6.07) is 0. The molecule has 0 aliphatic heterocycles. The zero-order valence-corrected chi connectivity index (χ0v) is 14.7. The van der Waals surface area contributed by atoms with Crippen LogP contribution in [0.25, 0.3) is 0 Å². The van der Waals surface area contributed by atoms with E-state index in [4.69, 9.17) is 5.11 Å². The van der Waals surface area contributed by atoms with E-state index in [2.05, 4.69) is 6.92 Å². The first-order valence-electron chi connectivity index (χ1n) is 9.54. The van der Waals surface area contributed by atoms with Gasteiger partial charge in [0.15, 0.2) is 5.78 Å². The summed E-state index contributed by atoms with van der Waals surface area (Å²) >= 11 is 0. The molecule has 0 aromatic rings. The van der Waals surface area contributed by atoms with E-state index in [0.29, 0.717) is 6.42 Å². The van der Waals surface area contributed by atoms with Crippen molar-refractivity contribution in [3.63, 3.8) is 0 Å². The molecular weight excluding hydrogens is 276 g/mol. The van der Waals surface area contributed by atoms with E-state index >= 15 is 0 Å². The van der Waals surface area contributed by atoms with Crippen molar-refractivity contribution in [2.45, 2.75) is 109 Å². The van der Waals surface area contributed by atoms with E-state index in [0.717, 1.165) is 12.8 Å². The third-order valence-electron chi connectivity index (χ3n) is 4.30. The molecule has 1 unspecified atom stereocenters. The van der Waals surface area contributed by atoms with Crippen LogP contribution in [0.3, 0.4) is 0 Å². The van der Waals surface area contributed by atoms with Gasteiger partial charge in [-0.3, -0.25) is 4.79 Å². The van der Waals surface area contributed by atoms with E-state index in [1.54, 1.807) is 0 Å². The maximum Gasteiger partial charge on any atom is 0.161 e. The molecule has 0 aromatic carbocycles. The summed E-state index contributed by atoms with van der Waals surface area (Å²) in [4.78, 5) is 11.5. The number of aliphatic hydroxyl groups is 2. The van der Waals surface area contributed by atoms with Gasteiger partial charge >= 0.3 is 0 Å². The second-order valence-electron chi connectivity index (χ2n) is 6.49. The normalized spacial score (nSPS) is 12.5. The largest absolute Gasteiger partial charge is 0.396 e. The maximum absolute atomic E-state index is 11.5. The minimum atomic E-state index is -0.956. The predicted molar refractivity (Wildman–Crippen MR) is 93.0 cm³/mol. The molecule has 0 rings (SSSR count). The highest BCUT2D eigenvalue weighted by atomic mass is 16.3. The minimum Gasteiger partial charge on any atom is -0.396 e. The standard InChI is InChI=1S/C19H38O3/c1-2-3-4-5-6-7-8-9-10-11-12-13-14-15-18(21)19(22)16-17-20/h19-20,22H,2-17H2,1H3. The van der Waals surface area contributed by atoms with Crippen molar-refractivity contribution in [2.24, 2.45) is 0 Å². The first-order valence-corrected chi connectivity index (χ1v) is 9.54. The van der Waals surface area contributed by atoms with Crippen LogP contribution in [0.5, 0.6) is 0 Å². The molecule has 0 aromatic heterocycles. The number of hydrogen-bond donors (Lipinski definition) is 2. The van der Waals surface area contributed by atoms with Crippen molar-refractivity contribution in [1.29, 1.82) is 0 Å². The summed E-state index contributed by atoms with van der Waals surface area (Å²) in [6.45, 7) is 2.14. The van der Waals surface area contributed by atoms with Crippen molar-refractivity contribution in [3.05, 3.63) is 0 Å². The lowest BCUT2D eigenvalue weighted by Crippen LogP contribution is -2.21. The molecule has 0 aliphatic rings. The Kier molecular flexibility index (Phi) is 16.6. The highest BCUT2D eigenvalue weighted by Gasteiger charge is 2.13. The molecule has 0 saturated heterocycles. The molecule has 22 heavy (non-hydrogen) atoms. The lowest BCUT2D eigenvalue weighted by molar-refractivity contribution is -0.127. The van der Waals surface area contributed by atoms with Gasteiger partial charge in [0.2, 0.25) is 0 Å². The summed E-state index contributed by atoms with van der Waals surface area (Å²) in [5.41, 5.74) is 0. The number of aliphatic hydroxyl groups excluding tert-OH is 2. The number of carbonyl (C=O) groups is 1. The molecule has 0 amide bonds. The maximum atomic E-state index is 11.5. The van der Waals surface area contributed by atoms with E-state index in [9.17, 15) is 9.90 Å². The number of carbonyl (C=O) groups excluding carboxylic acids is 1. The molecule has 0 aliphatic carbocycles. The highest BCUT2D eigenvalue weighted by Crippen LogP contribution is 2.13. The van der Waals surface area contributed by atoms with Gasteiger partial charge in [-0.15, -0.1) is 0 Å². The number of unbranched alkanes of at least 4 members (excludes halogenated alkanes) is 12. The molecule has 0 saturated carbocycles. The molecule has 0 heterocycles. The molecule has 132 valence electrons. The van der Waals surface area contributed by atoms with Crippen molar-refractivity contribution in [1.82, 2.24) is 0 Å². The monoisotopic (exact) mass is 314 g/mol. The Morgan fingerprint density at radius 3 is 1.59 bits per heavy atom. The third-order valence-corrected chi connectivity index (χ3v) is 4.30. The number of rotatable bonds is 17. The van der Waals surface area contributed by atoms with Crippen LogP contribution in [0, 0.1) is 0 Å². The first kappa shape index (κ1) is 21.6. The highest BCUT2D eigenvalue weighted by molar-refractivity contribution is 5.82. The van der Waals surface area contributed by atoms with Crippen LogP contribution >= 0.6 is 0 Å². The first-order chi connectivity index (χ1) is 10.7. The molecular formula is C19H38O3. The molecule has 0 radical (unpaired) electrons. The van der Waals surface area contributed by atoms with Gasteiger partial charge in [-0.25, -0.2) is 0 Å². The van der Waals surface area contributed by atoms with Crippen LogP contribution in [0.2, 0.25) is 0 Å². The van der Waals surface area contributed by atoms with Crippen molar-refractivity contribution in [2.75, 3.05) is 6.61 Å². The average molecular weight is 315 g/mol. The molecule has 2 N–H and O–H groups in total. The predicted octanol–water partition coefficient (Wildman–Crippen LogP) is 4.78. The molecule has 1 atom stereocenters. The van der Waals surface area contributed by atoms with Crippen LogP contribution < -0.4 is 0 Å². The van der Waals surface area contributed by atoms with Crippen LogP contribution in [0.15, 0.2) is 0 Å². The summed E-state index contributed by atoms with van der Waals surface area (Å²) in [6.07, 6.45) is 16.4. The minimum absolute atomic E-state index is 0.114. The topological polar surface area (TPSA) is 57.5 Å². The van der Waals surface area contributed by atoms with E-state index in [-0.39, 0.29) is 18.8 Å². The Balaban J connectivity index is 3.16. The Bertz CT molecular complexity index is 241. The number of hydrogen-bond acceptors (Lipinski definition) is 3. The van der Waals surface area contributed by atoms with Crippen LogP contribution in [-0.4, -0.2) is 28.7 Å². The summed E-state index contributed by atoms with van der Waals surface area (Å²) in [7, 11) is 0. The number of Topliss-reactive ketones (excluding diaryl/α,β-unsaturated/α-hetero) is 1.